The Kier molecular flexibility index (Phi) is 8.17. The maximum Gasteiger partial charge on any atom is 0.422 e. The van der Waals surface area contributed by atoms with E-state index < -0.39 is 12.8 Å². The number of hydrogen-bond donors (Lipinski definition) is 2. The fourth-order valence-corrected chi connectivity index (χ4v) is 2.39. The molecule has 1 aliphatic heterocycles. The molecule has 3 rings (SSSR count). The monoisotopic (exact) mass is 524 g/mol. The second-order valence-electron chi connectivity index (χ2n) is 5.94. The first-order valence-electron chi connectivity index (χ1n) is 8.50. The van der Waals surface area contributed by atoms with Crippen molar-refractivity contribution in [3.63, 3.8) is 0 Å². The number of rotatable bonds is 5. The van der Waals surface area contributed by atoms with Gasteiger partial charge in [0.25, 0.3) is 0 Å². The van der Waals surface area contributed by atoms with Gasteiger partial charge in [0.1, 0.15) is 0 Å². The third-order valence-electron chi connectivity index (χ3n) is 3.63. The molecule has 0 aliphatic carbocycles. The third kappa shape index (κ3) is 7.48. The Labute approximate surface area is 182 Å². The molecule has 1 aromatic carbocycles. The molecule has 2 aromatic rings. The van der Waals surface area contributed by atoms with Crippen molar-refractivity contribution in [2.24, 2.45) is 10.7 Å². The van der Waals surface area contributed by atoms with E-state index in [-0.39, 0.29) is 42.4 Å². The number of pyridine rings is 1. The standard InChI is InChI=1S/C18H19F3N4O3.HI/c19-18(20,21)11-28-16-8-12(4-5-23-16)10-24-17(22)25-13-2-3-14-15(9-13)27-7-1-6-26-14;/h2-5,8-9H,1,6-7,10-11H2,(H3,22,24,25);1H. The van der Waals surface area contributed by atoms with E-state index >= 15 is 0 Å². The number of guanidine groups is 1. The van der Waals surface area contributed by atoms with Crippen LogP contribution in [-0.4, -0.2) is 36.9 Å². The smallest absolute Gasteiger partial charge is 0.422 e. The molecule has 0 fully saturated rings. The Morgan fingerprint density at radius 3 is 2.69 bits per heavy atom. The molecule has 0 unspecified atom stereocenters. The first-order valence-corrected chi connectivity index (χ1v) is 8.50. The van der Waals surface area contributed by atoms with Crippen LogP contribution < -0.4 is 25.3 Å². The molecule has 1 aliphatic rings. The Hall–Kier alpha value is -2.44. The lowest BCUT2D eigenvalue weighted by Gasteiger charge is -2.11. The molecule has 0 bridgehead atoms. The first-order chi connectivity index (χ1) is 13.4. The summed E-state index contributed by atoms with van der Waals surface area (Å²) < 4.78 is 52.4. The lowest BCUT2D eigenvalue weighted by molar-refractivity contribution is -0.154. The van der Waals surface area contributed by atoms with Crippen molar-refractivity contribution in [3.8, 4) is 17.4 Å². The van der Waals surface area contributed by atoms with E-state index in [2.05, 4.69) is 20.0 Å². The summed E-state index contributed by atoms with van der Waals surface area (Å²) in [5.74, 6) is 1.31. The van der Waals surface area contributed by atoms with Gasteiger partial charge in [0.2, 0.25) is 5.88 Å². The zero-order chi connectivity index (χ0) is 20.0. The van der Waals surface area contributed by atoms with Gasteiger partial charge in [-0.3, -0.25) is 0 Å². The van der Waals surface area contributed by atoms with E-state index in [4.69, 9.17) is 15.2 Å². The largest absolute Gasteiger partial charge is 0.490 e. The number of aromatic nitrogens is 1. The van der Waals surface area contributed by atoms with Gasteiger partial charge in [0, 0.05) is 30.4 Å². The fraction of sp³-hybridized carbons (Fsp3) is 0.333. The van der Waals surface area contributed by atoms with Crippen molar-refractivity contribution in [3.05, 3.63) is 42.1 Å². The van der Waals surface area contributed by atoms with E-state index in [0.717, 1.165) is 6.42 Å². The van der Waals surface area contributed by atoms with E-state index in [1.807, 2.05) is 0 Å². The predicted molar refractivity (Wildman–Crippen MR) is 112 cm³/mol. The van der Waals surface area contributed by atoms with Crippen LogP contribution in [0.15, 0.2) is 41.5 Å². The third-order valence-corrected chi connectivity index (χ3v) is 3.63. The Morgan fingerprint density at radius 1 is 1.17 bits per heavy atom. The maximum absolute atomic E-state index is 12.2. The zero-order valence-electron chi connectivity index (χ0n) is 15.2. The molecule has 0 saturated heterocycles. The number of alkyl halides is 3. The molecule has 0 saturated carbocycles. The van der Waals surface area contributed by atoms with Gasteiger partial charge in [-0.15, -0.1) is 24.0 Å². The van der Waals surface area contributed by atoms with Crippen LogP contribution in [0.5, 0.6) is 17.4 Å². The Balaban J connectivity index is 0.00000300. The van der Waals surface area contributed by atoms with E-state index in [1.165, 1.54) is 12.3 Å². The van der Waals surface area contributed by atoms with E-state index in [1.54, 1.807) is 24.3 Å². The number of aliphatic imine (C=N–C) groups is 1. The average Bonchev–Trinajstić information content (AvgIpc) is 2.89. The van der Waals surface area contributed by atoms with Crippen molar-refractivity contribution in [2.45, 2.75) is 19.1 Å². The highest BCUT2D eigenvalue weighted by atomic mass is 127. The van der Waals surface area contributed by atoms with Gasteiger partial charge < -0.3 is 25.3 Å². The molecule has 0 spiro atoms. The van der Waals surface area contributed by atoms with Crippen molar-refractivity contribution in [1.29, 1.82) is 0 Å². The minimum atomic E-state index is -4.42. The highest BCUT2D eigenvalue weighted by Gasteiger charge is 2.28. The lowest BCUT2D eigenvalue weighted by Crippen LogP contribution is -2.22. The van der Waals surface area contributed by atoms with Gasteiger partial charge in [0.15, 0.2) is 24.1 Å². The van der Waals surface area contributed by atoms with Crippen LogP contribution in [0.4, 0.5) is 18.9 Å². The van der Waals surface area contributed by atoms with Gasteiger partial charge in [-0.05, 0) is 23.8 Å². The fourth-order valence-electron chi connectivity index (χ4n) is 2.39. The molecule has 0 amide bonds. The summed E-state index contributed by atoms with van der Waals surface area (Å²) in [6.07, 6.45) is -2.27. The molecule has 1 aromatic heterocycles. The van der Waals surface area contributed by atoms with Crippen molar-refractivity contribution < 1.29 is 27.4 Å². The van der Waals surface area contributed by atoms with Crippen LogP contribution in [0.3, 0.4) is 0 Å². The number of anilines is 1. The lowest BCUT2D eigenvalue weighted by atomic mass is 10.2. The summed E-state index contributed by atoms with van der Waals surface area (Å²) in [5.41, 5.74) is 7.17. The number of hydrogen-bond acceptors (Lipinski definition) is 5. The maximum atomic E-state index is 12.2. The Morgan fingerprint density at radius 2 is 1.93 bits per heavy atom. The van der Waals surface area contributed by atoms with Crippen LogP contribution >= 0.6 is 24.0 Å². The molecule has 0 atom stereocenters. The minimum Gasteiger partial charge on any atom is -0.490 e. The number of fused-ring (bicyclic) bond motifs is 1. The quantitative estimate of drug-likeness (QED) is 0.352. The minimum absolute atomic E-state index is 0. The van der Waals surface area contributed by atoms with E-state index in [9.17, 15) is 13.2 Å². The average molecular weight is 524 g/mol. The molecule has 11 heteroatoms. The summed E-state index contributed by atoms with van der Waals surface area (Å²) in [6, 6.07) is 8.33. The van der Waals surface area contributed by atoms with Crippen molar-refractivity contribution >= 4 is 35.6 Å². The number of nitrogens with one attached hydrogen (secondary N) is 1. The first kappa shape index (κ1) is 22.8. The van der Waals surface area contributed by atoms with Gasteiger partial charge in [-0.1, -0.05) is 0 Å². The normalized spacial score (nSPS) is 13.8. The summed E-state index contributed by atoms with van der Waals surface area (Å²) >= 11 is 0. The topological polar surface area (TPSA) is 91.0 Å². The number of ether oxygens (including phenoxy) is 3. The molecular formula is C18H20F3IN4O3. The summed E-state index contributed by atoms with van der Waals surface area (Å²) in [7, 11) is 0. The van der Waals surface area contributed by atoms with E-state index in [0.29, 0.717) is 36.0 Å². The van der Waals surface area contributed by atoms with Crippen molar-refractivity contribution in [1.82, 2.24) is 4.98 Å². The molecule has 29 heavy (non-hydrogen) atoms. The van der Waals surface area contributed by atoms with Crippen LogP contribution in [0.2, 0.25) is 0 Å². The van der Waals surface area contributed by atoms with Gasteiger partial charge in [0.05, 0.1) is 19.8 Å². The van der Waals surface area contributed by atoms with Crippen LogP contribution in [0.25, 0.3) is 0 Å². The Bertz CT molecular complexity index is 849. The number of benzene rings is 1. The van der Waals surface area contributed by atoms with Gasteiger partial charge in [-0.2, -0.15) is 13.2 Å². The number of halogens is 4. The summed E-state index contributed by atoms with van der Waals surface area (Å²) in [6.45, 7) is -0.0837. The SMILES string of the molecule is I.NC(=NCc1ccnc(OCC(F)(F)F)c1)Nc1ccc2c(c1)OCCCO2. The molecule has 2 heterocycles. The van der Waals surface area contributed by atoms with Crippen LogP contribution in [0.1, 0.15) is 12.0 Å². The molecule has 158 valence electrons. The highest BCUT2D eigenvalue weighted by Crippen LogP contribution is 2.32. The molecular weight excluding hydrogens is 504 g/mol. The number of nitrogens with two attached hydrogens (primary N) is 1. The highest BCUT2D eigenvalue weighted by molar-refractivity contribution is 14.0. The molecule has 7 nitrogen and oxygen atoms in total. The summed E-state index contributed by atoms with van der Waals surface area (Å²) in [4.78, 5) is 7.92. The second-order valence-corrected chi connectivity index (χ2v) is 5.94. The van der Waals surface area contributed by atoms with Crippen molar-refractivity contribution in [2.75, 3.05) is 25.1 Å². The van der Waals surface area contributed by atoms with Gasteiger partial charge in [-0.25, -0.2) is 9.98 Å². The molecule has 0 radical (unpaired) electrons. The summed E-state index contributed by atoms with van der Waals surface area (Å²) in [5, 5.41) is 2.94. The predicted octanol–water partition coefficient (Wildman–Crippen LogP) is 3.73. The number of nitrogens with zero attached hydrogens (tertiary/aromatic N) is 2. The van der Waals surface area contributed by atoms with Crippen LogP contribution in [-0.2, 0) is 6.54 Å². The van der Waals surface area contributed by atoms with Crippen LogP contribution in [0, 0.1) is 0 Å². The molecule has 3 N–H and O–H groups in total. The zero-order valence-corrected chi connectivity index (χ0v) is 17.6. The van der Waals surface area contributed by atoms with Gasteiger partial charge >= 0.3 is 6.18 Å². The second kappa shape index (κ2) is 10.4.